The number of nitrogens with zero attached hydrogens (tertiary/aromatic N) is 4. The van der Waals surface area contributed by atoms with Crippen LogP contribution < -0.4 is 16.0 Å². The summed E-state index contributed by atoms with van der Waals surface area (Å²) in [7, 11) is 1.60. The smallest absolute Gasteiger partial charge is 0.349 e. The van der Waals surface area contributed by atoms with Crippen LogP contribution in [0.15, 0.2) is 44.9 Å². The van der Waals surface area contributed by atoms with E-state index in [1.165, 1.54) is 6.07 Å². The third-order valence-corrected chi connectivity index (χ3v) is 5.27. The van der Waals surface area contributed by atoms with E-state index in [2.05, 4.69) is 42.8 Å². The first kappa shape index (κ1) is 31.3. The van der Waals surface area contributed by atoms with Gasteiger partial charge in [0.25, 0.3) is 5.56 Å². The first-order valence-corrected chi connectivity index (χ1v) is 12.9. The number of rotatable bonds is 6. The summed E-state index contributed by atoms with van der Waals surface area (Å²) >= 11 is 6.52. The monoisotopic (exact) mass is 553 g/mol. The zero-order valence-electron chi connectivity index (χ0n) is 24.0. The third kappa shape index (κ3) is 8.82. The molecule has 0 fully saturated rings. The van der Waals surface area contributed by atoms with Gasteiger partial charge >= 0.3 is 5.69 Å². The first-order chi connectivity index (χ1) is 18.2. The van der Waals surface area contributed by atoms with Gasteiger partial charge in [0.05, 0.1) is 23.5 Å². The van der Waals surface area contributed by atoms with Crippen molar-refractivity contribution in [3.63, 3.8) is 0 Å². The molecule has 10 heteroatoms. The van der Waals surface area contributed by atoms with E-state index in [0.29, 0.717) is 40.5 Å². The van der Waals surface area contributed by atoms with Gasteiger partial charge in [0.1, 0.15) is 17.6 Å². The van der Waals surface area contributed by atoms with Gasteiger partial charge in [-0.25, -0.2) is 9.79 Å². The number of methoxy groups -OCH3 is 1. The maximum Gasteiger partial charge on any atom is 0.349 e. The van der Waals surface area contributed by atoms with E-state index in [-0.39, 0.29) is 10.9 Å². The molecule has 0 saturated heterocycles. The van der Waals surface area contributed by atoms with Gasteiger partial charge in [0.15, 0.2) is 5.90 Å². The van der Waals surface area contributed by atoms with E-state index in [4.69, 9.17) is 26.3 Å². The van der Waals surface area contributed by atoms with Crippen LogP contribution in [0.5, 0.6) is 11.5 Å². The lowest BCUT2D eigenvalue weighted by atomic mass is 10.0. The number of benzene rings is 2. The Labute approximate surface area is 234 Å². The number of ether oxygens (including phenoxy) is 2. The van der Waals surface area contributed by atoms with Gasteiger partial charge < -0.3 is 9.47 Å². The van der Waals surface area contributed by atoms with Gasteiger partial charge in [0.2, 0.25) is 5.69 Å². The fraction of sp³-hybridized carbons (Fsp3) is 0.414. The summed E-state index contributed by atoms with van der Waals surface area (Å²) in [6.45, 7) is 16.6. The Hall–Kier alpha value is -3.90. The average Bonchev–Trinajstić information content (AvgIpc) is 2.83. The fourth-order valence-electron chi connectivity index (χ4n) is 3.25. The van der Waals surface area contributed by atoms with Crippen LogP contribution in [0, 0.1) is 29.6 Å². The summed E-state index contributed by atoms with van der Waals surface area (Å²) in [5, 5.41) is 13.1. The van der Waals surface area contributed by atoms with Crippen molar-refractivity contribution in [3.8, 4) is 23.3 Å². The minimum absolute atomic E-state index is 0.151. The van der Waals surface area contributed by atoms with Crippen molar-refractivity contribution in [1.82, 2.24) is 14.8 Å². The molecule has 0 radical (unpaired) electrons. The van der Waals surface area contributed by atoms with Crippen molar-refractivity contribution >= 4 is 23.2 Å². The van der Waals surface area contributed by atoms with Gasteiger partial charge in [-0.1, -0.05) is 60.1 Å². The molecule has 39 heavy (non-hydrogen) atoms. The maximum absolute atomic E-state index is 12.2. The lowest BCUT2D eigenvalue weighted by Crippen LogP contribution is -2.33. The number of aromatic amines is 1. The van der Waals surface area contributed by atoms with Crippen LogP contribution in [0.4, 0.5) is 5.69 Å². The first-order valence-electron chi connectivity index (χ1n) is 12.6. The summed E-state index contributed by atoms with van der Waals surface area (Å²) in [5.74, 6) is 1.78. The summed E-state index contributed by atoms with van der Waals surface area (Å²) in [5.41, 5.74) is 1.12. The maximum atomic E-state index is 12.2. The van der Waals surface area contributed by atoms with Crippen molar-refractivity contribution in [3.05, 3.63) is 73.0 Å². The van der Waals surface area contributed by atoms with E-state index in [0.717, 1.165) is 15.9 Å². The number of nitrogens with one attached hydrogen (secondary N) is 1. The number of halogens is 1. The molecule has 0 amide bonds. The van der Waals surface area contributed by atoms with E-state index < -0.39 is 16.9 Å². The van der Waals surface area contributed by atoms with Crippen molar-refractivity contribution in [2.24, 2.45) is 16.3 Å². The minimum atomic E-state index is -0.848. The average molecular weight is 554 g/mol. The molecule has 1 heterocycles. The second-order valence-electron chi connectivity index (χ2n) is 10.8. The van der Waals surface area contributed by atoms with Gasteiger partial charge in [-0.3, -0.25) is 9.78 Å². The number of nitriles is 1. The molecule has 0 aliphatic carbocycles. The predicted molar refractivity (Wildman–Crippen MR) is 155 cm³/mol. The lowest BCUT2D eigenvalue weighted by Gasteiger charge is -2.15. The van der Waals surface area contributed by atoms with Crippen molar-refractivity contribution in [2.75, 3.05) is 7.11 Å². The number of aromatic nitrogens is 3. The molecule has 2 aromatic carbocycles. The molecule has 0 bridgehead atoms. The molecule has 0 saturated carbocycles. The van der Waals surface area contributed by atoms with Crippen LogP contribution in [0.3, 0.4) is 0 Å². The van der Waals surface area contributed by atoms with Crippen molar-refractivity contribution in [1.29, 1.82) is 5.26 Å². The zero-order chi connectivity index (χ0) is 29.5. The Bertz CT molecular complexity index is 1500. The molecule has 0 unspecified atom stereocenters. The van der Waals surface area contributed by atoms with Crippen LogP contribution in [0.1, 0.15) is 65.3 Å². The van der Waals surface area contributed by atoms with Gasteiger partial charge in [-0.2, -0.15) is 9.94 Å². The van der Waals surface area contributed by atoms with Crippen molar-refractivity contribution < 1.29 is 9.47 Å². The number of hydrogen-bond acceptors (Lipinski definition) is 7. The number of hydrogen-bond donors (Lipinski definition) is 1. The van der Waals surface area contributed by atoms with Crippen LogP contribution in [-0.4, -0.2) is 27.8 Å². The molecule has 0 spiro atoms. The highest BCUT2D eigenvalue weighted by Crippen LogP contribution is 2.36. The number of aryl methyl sites for hydroxylation is 2. The molecular formula is C29H36ClN5O4. The molecule has 3 aromatic rings. The summed E-state index contributed by atoms with van der Waals surface area (Å²) in [6.07, 6.45) is 0.541. The molecule has 0 aliphatic heterocycles. The molecule has 0 aliphatic rings. The highest BCUT2D eigenvalue weighted by Gasteiger charge is 2.16. The second kappa shape index (κ2) is 13.3. The van der Waals surface area contributed by atoms with E-state index in [9.17, 15) is 9.59 Å². The quantitative estimate of drug-likeness (QED) is 0.275. The van der Waals surface area contributed by atoms with Crippen LogP contribution in [-0.2, 0) is 11.2 Å². The molecule has 1 N–H and O–H groups in total. The minimum Gasteiger partial charge on any atom is -0.484 e. The SMILES string of the molecule is CC(C)(C)C.CCc1cc(-n2nc(C#N)c(=O)[nH]c2=O)cc(Cl)c1Oc1ccc(N=C(OC)C(C)C)c(C)c1. The van der Waals surface area contributed by atoms with E-state index in [1.54, 1.807) is 25.3 Å². The summed E-state index contributed by atoms with van der Waals surface area (Å²) < 4.78 is 12.4. The molecule has 208 valence electrons. The van der Waals surface area contributed by atoms with Crippen molar-refractivity contribution in [2.45, 2.75) is 61.8 Å². The topological polar surface area (TPSA) is 122 Å². The van der Waals surface area contributed by atoms with E-state index in [1.807, 2.05) is 39.8 Å². The Balaban J connectivity index is 0.000000976. The Morgan fingerprint density at radius 2 is 1.85 bits per heavy atom. The highest BCUT2D eigenvalue weighted by molar-refractivity contribution is 6.32. The number of aliphatic imine (C=N–C) groups is 1. The lowest BCUT2D eigenvalue weighted by molar-refractivity contribution is 0.375. The molecule has 0 atom stereocenters. The predicted octanol–water partition coefficient (Wildman–Crippen LogP) is 6.49. The standard InChI is InChI=1S/C24H24ClN5O4.C5H12/c1-6-15-10-16(30-24(32)28-22(31)20(12-26)29-30)11-18(25)21(15)34-17-7-8-19(14(4)9-17)27-23(33-5)13(2)3;1-5(2,3)4/h7-11,13H,6H2,1-5H3,(H,28,31,32);1-4H3. The second-order valence-corrected chi connectivity index (χ2v) is 11.2. The van der Waals surface area contributed by atoms with Crippen LogP contribution in [0.25, 0.3) is 5.69 Å². The Morgan fingerprint density at radius 3 is 2.36 bits per heavy atom. The molecule has 3 rings (SSSR count). The van der Waals surface area contributed by atoms with Gasteiger partial charge in [-0.15, -0.1) is 5.10 Å². The van der Waals surface area contributed by atoms with Crippen LogP contribution in [0.2, 0.25) is 5.02 Å². The fourth-order valence-corrected chi connectivity index (χ4v) is 3.52. The van der Waals surface area contributed by atoms with Gasteiger partial charge in [-0.05, 0) is 60.2 Å². The summed E-state index contributed by atoms with van der Waals surface area (Å²) in [6, 6.07) is 10.3. The van der Waals surface area contributed by atoms with Gasteiger partial charge in [0, 0.05) is 5.92 Å². The van der Waals surface area contributed by atoms with Crippen LogP contribution >= 0.6 is 11.6 Å². The zero-order valence-corrected chi connectivity index (χ0v) is 24.7. The molecule has 1 aromatic heterocycles. The number of H-pyrrole nitrogens is 1. The largest absolute Gasteiger partial charge is 0.484 e. The Kier molecular flexibility index (Phi) is 10.6. The normalized spacial score (nSPS) is 11.5. The summed E-state index contributed by atoms with van der Waals surface area (Å²) in [4.78, 5) is 30.5. The third-order valence-electron chi connectivity index (χ3n) is 4.99. The highest BCUT2D eigenvalue weighted by atomic mass is 35.5. The Morgan fingerprint density at radius 1 is 1.21 bits per heavy atom. The van der Waals surface area contributed by atoms with E-state index >= 15 is 0 Å². The molecule has 9 nitrogen and oxygen atoms in total. The molecular weight excluding hydrogens is 518 g/mol.